The molecule has 3 nitrogen and oxygen atoms in total. The van der Waals surface area contributed by atoms with Crippen LogP contribution < -0.4 is 4.57 Å². The van der Waals surface area contributed by atoms with Gasteiger partial charge in [-0.1, -0.05) is 115 Å². The van der Waals surface area contributed by atoms with Crippen molar-refractivity contribution in [2.45, 2.75) is 148 Å². The lowest BCUT2D eigenvalue weighted by molar-refractivity contribution is -0.692. The zero-order valence-corrected chi connectivity index (χ0v) is 23.3. The summed E-state index contributed by atoms with van der Waals surface area (Å²) in [6, 6.07) is 0. The van der Waals surface area contributed by atoms with Gasteiger partial charge in [-0.2, -0.15) is 4.57 Å². The molecule has 2 heterocycles. The van der Waals surface area contributed by atoms with Crippen molar-refractivity contribution in [2.24, 2.45) is 5.92 Å². The minimum Gasteiger partial charge on any atom is -0.379 e. The maximum Gasteiger partial charge on any atom is 0.224 e. The number of unbranched alkanes of at least 4 members (excludes halogenated alkanes) is 16. The highest BCUT2D eigenvalue weighted by atomic mass is 32.1. The molecule has 0 bridgehead atoms. The highest BCUT2D eigenvalue weighted by molar-refractivity contribution is 7.07. The normalized spacial score (nSPS) is 18.1. The number of hydrogen-bond acceptors (Lipinski definition) is 3. The second-order valence-electron chi connectivity index (χ2n) is 10.7. The molecular formula is C30H56NO2S+. The Morgan fingerprint density at radius 2 is 1.41 bits per heavy atom. The molecule has 0 unspecified atom stereocenters. The molecule has 0 saturated carbocycles. The molecule has 1 saturated heterocycles. The molecule has 0 aliphatic carbocycles. The van der Waals surface area contributed by atoms with Crippen LogP contribution in [-0.2, 0) is 16.0 Å². The molecule has 0 spiro atoms. The summed E-state index contributed by atoms with van der Waals surface area (Å²) in [6.07, 6.45) is 30.2. The lowest BCUT2D eigenvalue weighted by atomic mass is 9.97. The number of hydrogen-bond donors (Lipinski definition) is 0. The molecule has 198 valence electrons. The van der Waals surface area contributed by atoms with E-state index >= 15 is 0 Å². The summed E-state index contributed by atoms with van der Waals surface area (Å²) in [5.74, 6) is 0.780. The van der Waals surface area contributed by atoms with E-state index in [-0.39, 0.29) is 0 Å². The van der Waals surface area contributed by atoms with E-state index in [2.05, 4.69) is 28.6 Å². The fourth-order valence-corrected chi connectivity index (χ4v) is 5.81. The number of thiazole rings is 1. The summed E-state index contributed by atoms with van der Waals surface area (Å²) in [7, 11) is 0. The smallest absolute Gasteiger partial charge is 0.224 e. The minimum atomic E-state index is 0.356. The van der Waals surface area contributed by atoms with Crippen molar-refractivity contribution >= 4 is 11.3 Å². The molecule has 1 aliphatic heterocycles. The molecule has 0 radical (unpaired) electrons. The van der Waals surface area contributed by atoms with Crippen LogP contribution in [0.3, 0.4) is 0 Å². The molecule has 0 N–H and O–H groups in total. The molecule has 34 heavy (non-hydrogen) atoms. The molecule has 4 heteroatoms. The van der Waals surface area contributed by atoms with Gasteiger partial charge in [0.05, 0.1) is 18.1 Å². The fourth-order valence-electron chi connectivity index (χ4n) is 5.18. The van der Waals surface area contributed by atoms with Crippen LogP contribution in [0.2, 0.25) is 0 Å². The van der Waals surface area contributed by atoms with Crippen molar-refractivity contribution in [3.63, 3.8) is 0 Å². The first-order chi connectivity index (χ1) is 16.9. The third-order valence-corrected chi connectivity index (χ3v) is 8.09. The van der Waals surface area contributed by atoms with Crippen molar-refractivity contribution < 1.29 is 14.0 Å². The first kappa shape index (κ1) is 29.8. The largest absolute Gasteiger partial charge is 0.379 e. The van der Waals surface area contributed by atoms with Crippen molar-refractivity contribution in [2.75, 3.05) is 19.8 Å². The number of rotatable bonds is 24. The van der Waals surface area contributed by atoms with E-state index in [1.807, 2.05) is 0 Å². The molecule has 1 aromatic heterocycles. The average Bonchev–Trinajstić information content (AvgIpc) is 3.53. The van der Waals surface area contributed by atoms with Gasteiger partial charge in [-0.25, -0.2) is 0 Å². The summed E-state index contributed by atoms with van der Waals surface area (Å²) >= 11 is 1.77. The van der Waals surface area contributed by atoms with Crippen LogP contribution in [0, 0.1) is 5.92 Å². The molecule has 0 aromatic carbocycles. The Morgan fingerprint density at radius 1 is 0.794 bits per heavy atom. The highest BCUT2D eigenvalue weighted by Gasteiger charge is 2.24. The fraction of sp³-hybridized carbons (Fsp3) is 0.900. The maximum absolute atomic E-state index is 6.00. The first-order valence-corrected chi connectivity index (χ1v) is 15.9. The van der Waals surface area contributed by atoms with Crippen LogP contribution in [0.1, 0.15) is 135 Å². The number of nitrogens with zero attached hydrogens (tertiary/aromatic N) is 1. The predicted octanol–water partition coefficient (Wildman–Crippen LogP) is 8.89. The lowest BCUT2D eigenvalue weighted by Gasteiger charge is -2.10. The van der Waals surface area contributed by atoms with Crippen molar-refractivity contribution in [3.8, 4) is 0 Å². The van der Waals surface area contributed by atoms with E-state index in [0.717, 1.165) is 25.7 Å². The second kappa shape index (κ2) is 21.8. The number of aryl methyl sites for hydroxylation is 1. The Bertz CT molecular complexity index is 536. The molecule has 2 rings (SSSR count). The Labute approximate surface area is 216 Å². The molecule has 1 fully saturated rings. The molecule has 0 amide bonds. The number of aromatic nitrogens is 1. The lowest BCUT2D eigenvalue weighted by Crippen LogP contribution is -2.29. The Hall–Kier alpha value is -0.450. The van der Waals surface area contributed by atoms with Gasteiger partial charge < -0.3 is 9.47 Å². The van der Waals surface area contributed by atoms with E-state index in [0.29, 0.717) is 6.10 Å². The van der Waals surface area contributed by atoms with Crippen LogP contribution in [0.4, 0.5) is 0 Å². The van der Waals surface area contributed by atoms with Crippen LogP contribution in [0.5, 0.6) is 0 Å². The van der Waals surface area contributed by atoms with Gasteiger partial charge in [0.25, 0.3) is 0 Å². The van der Waals surface area contributed by atoms with E-state index < -0.39 is 0 Å². The third kappa shape index (κ3) is 16.3. The van der Waals surface area contributed by atoms with Gasteiger partial charge in [-0.3, -0.25) is 0 Å². The standard InChI is InChI=1S/C30H56NO2S/c1-2-3-4-5-6-7-8-9-10-11-12-14-17-20-29-25-30(33-26-29)27-32-23-19-16-13-15-18-21-31-22-24-34-28-31/h22,24,28-30H,2-21,23,25-27H2,1H3/q+1/t29-,30+/m1/s1. The maximum atomic E-state index is 6.00. The van der Waals surface area contributed by atoms with Gasteiger partial charge in [-0.15, -0.1) is 0 Å². The second-order valence-corrected chi connectivity index (χ2v) is 11.5. The summed E-state index contributed by atoms with van der Waals surface area (Å²) in [4.78, 5) is 0. The van der Waals surface area contributed by atoms with E-state index in [1.165, 1.54) is 135 Å². The van der Waals surface area contributed by atoms with Gasteiger partial charge in [-0.05, 0) is 31.6 Å². The van der Waals surface area contributed by atoms with Crippen LogP contribution in [0.25, 0.3) is 0 Å². The van der Waals surface area contributed by atoms with Gasteiger partial charge in [0, 0.05) is 19.6 Å². The van der Waals surface area contributed by atoms with Crippen molar-refractivity contribution in [3.05, 3.63) is 17.1 Å². The SMILES string of the molecule is CCCCCCCCCCCCCCC[C@H]1CO[C@H](COCCCCCCC[n+]2ccsc2)C1. The van der Waals surface area contributed by atoms with Gasteiger partial charge >= 0.3 is 0 Å². The summed E-state index contributed by atoms with van der Waals surface area (Å²) in [5.41, 5.74) is 2.20. The summed E-state index contributed by atoms with van der Waals surface area (Å²) in [6.45, 7) is 6.15. The first-order valence-electron chi connectivity index (χ1n) is 15.0. The molecule has 1 aliphatic rings. The van der Waals surface area contributed by atoms with Gasteiger partial charge in [0.1, 0.15) is 6.54 Å². The van der Waals surface area contributed by atoms with Gasteiger partial charge in [0.15, 0.2) is 6.20 Å². The topological polar surface area (TPSA) is 22.3 Å². The van der Waals surface area contributed by atoms with E-state index in [1.54, 1.807) is 11.3 Å². The third-order valence-electron chi connectivity index (χ3n) is 7.42. The summed E-state index contributed by atoms with van der Waals surface area (Å²) in [5, 5.41) is 2.15. The Kier molecular flexibility index (Phi) is 19.1. The zero-order chi connectivity index (χ0) is 23.9. The highest BCUT2D eigenvalue weighted by Crippen LogP contribution is 2.25. The monoisotopic (exact) mass is 494 g/mol. The Balaban J connectivity index is 1.26. The van der Waals surface area contributed by atoms with E-state index in [4.69, 9.17) is 9.47 Å². The van der Waals surface area contributed by atoms with Crippen LogP contribution in [-0.4, -0.2) is 25.9 Å². The number of ether oxygens (including phenoxy) is 2. The Morgan fingerprint density at radius 3 is 2.06 bits per heavy atom. The van der Waals surface area contributed by atoms with Crippen molar-refractivity contribution in [1.82, 2.24) is 0 Å². The van der Waals surface area contributed by atoms with Gasteiger partial charge in [0.2, 0.25) is 5.51 Å². The zero-order valence-electron chi connectivity index (χ0n) is 22.5. The van der Waals surface area contributed by atoms with Crippen LogP contribution in [0.15, 0.2) is 17.1 Å². The molecule has 1 aromatic rings. The predicted molar refractivity (Wildman–Crippen MR) is 147 cm³/mol. The molecule has 2 atom stereocenters. The quantitative estimate of drug-likeness (QED) is 0.106. The van der Waals surface area contributed by atoms with E-state index in [9.17, 15) is 0 Å². The van der Waals surface area contributed by atoms with Crippen molar-refractivity contribution in [1.29, 1.82) is 0 Å². The van der Waals surface area contributed by atoms with Crippen LogP contribution >= 0.6 is 11.3 Å². The average molecular weight is 495 g/mol. The minimum absolute atomic E-state index is 0.356. The molecular weight excluding hydrogens is 438 g/mol. The summed E-state index contributed by atoms with van der Waals surface area (Å²) < 4.78 is 14.2.